The van der Waals surface area contributed by atoms with Crippen molar-refractivity contribution in [3.63, 3.8) is 0 Å². The second kappa shape index (κ2) is 6.32. The lowest BCUT2D eigenvalue weighted by molar-refractivity contribution is -0.138. The van der Waals surface area contributed by atoms with Gasteiger partial charge in [0, 0.05) is 34.5 Å². The van der Waals surface area contributed by atoms with Crippen molar-refractivity contribution in [1.82, 2.24) is 4.90 Å². The number of carbonyl (C=O) groups is 1. The van der Waals surface area contributed by atoms with E-state index < -0.39 is 6.10 Å². The number of Topliss-reactive ketones (excluding diaryl/α,β-unsaturated/α-hetero) is 1. The molecule has 1 saturated heterocycles. The number of phenolic OH excluding ortho intramolecular Hbond substituents is 1. The maximum atomic E-state index is 12.8. The molecular formula is C24H24BrNO3. The van der Waals surface area contributed by atoms with E-state index in [0.29, 0.717) is 24.1 Å². The SMILES string of the molecule is O=C1CCC2C3Cc4ccc(O)c5c4C2(CCN3CCc2ccc(Br)cc2)C1O5. The van der Waals surface area contributed by atoms with Crippen molar-refractivity contribution >= 4 is 21.7 Å². The molecule has 150 valence electrons. The van der Waals surface area contributed by atoms with Crippen molar-refractivity contribution in [2.75, 3.05) is 13.1 Å². The predicted molar refractivity (Wildman–Crippen MR) is 113 cm³/mol. The summed E-state index contributed by atoms with van der Waals surface area (Å²) in [6.45, 7) is 2.03. The average Bonchev–Trinajstić information content (AvgIpc) is 3.07. The second-order valence-electron chi connectivity index (χ2n) is 9.03. The summed E-state index contributed by atoms with van der Waals surface area (Å²) in [5, 5.41) is 10.4. The highest BCUT2D eigenvalue weighted by Crippen LogP contribution is 2.63. The lowest BCUT2D eigenvalue weighted by Crippen LogP contribution is -2.66. The van der Waals surface area contributed by atoms with E-state index >= 15 is 0 Å². The molecule has 4 unspecified atom stereocenters. The Morgan fingerprint density at radius 2 is 2.03 bits per heavy atom. The van der Waals surface area contributed by atoms with E-state index in [1.54, 1.807) is 6.07 Å². The van der Waals surface area contributed by atoms with Crippen LogP contribution in [0.25, 0.3) is 0 Å². The second-order valence-corrected chi connectivity index (χ2v) is 9.95. The quantitative estimate of drug-likeness (QED) is 0.762. The van der Waals surface area contributed by atoms with E-state index in [9.17, 15) is 9.90 Å². The lowest BCUT2D eigenvalue weighted by atomic mass is 9.51. The predicted octanol–water partition coefficient (Wildman–Crippen LogP) is 4.01. The van der Waals surface area contributed by atoms with Crippen LogP contribution in [0.3, 0.4) is 0 Å². The molecule has 2 bridgehead atoms. The molecule has 4 aliphatic rings. The molecule has 4 nitrogen and oxygen atoms in total. The summed E-state index contributed by atoms with van der Waals surface area (Å²) in [7, 11) is 0. The monoisotopic (exact) mass is 453 g/mol. The molecule has 2 aromatic rings. The summed E-state index contributed by atoms with van der Waals surface area (Å²) in [4.78, 5) is 15.5. The molecule has 2 heterocycles. The highest BCUT2D eigenvalue weighted by Gasteiger charge is 2.65. The molecule has 29 heavy (non-hydrogen) atoms. The fourth-order valence-corrected chi connectivity index (χ4v) is 6.87. The first-order valence-corrected chi connectivity index (χ1v) is 11.4. The molecule has 0 amide bonds. The van der Waals surface area contributed by atoms with Gasteiger partial charge in [0.15, 0.2) is 23.4 Å². The van der Waals surface area contributed by atoms with E-state index in [1.807, 2.05) is 0 Å². The van der Waals surface area contributed by atoms with E-state index in [4.69, 9.17) is 4.74 Å². The Morgan fingerprint density at radius 3 is 2.86 bits per heavy atom. The first kappa shape index (κ1) is 18.0. The summed E-state index contributed by atoms with van der Waals surface area (Å²) in [6.07, 6.45) is 4.09. The van der Waals surface area contributed by atoms with Crippen LogP contribution in [0.4, 0.5) is 0 Å². The Balaban J connectivity index is 1.36. The molecule has 2 fully saturated rings. The minimum atomic E-state index is -0.403. The standard InChI is InChI=1S/C24H24BrNO3/c25-16-4-1-14(2-5-16)9-11-26-12-10-24-17-6-8-20(28)23(24)29-22-19(27)7-3-15(21(22)24)13-18(17)26/h1-5,7,17-18,23,27H,6,8-13H2. The molecular weight excluding hydrogens is 430 g/mol. The number of phenols is 1. The van der Waals surface area contributed by atoms with Crippen LogP contribution in [0, 0.1) is 5.92 Å². The molecule has 0 aromatic heterocycles. The van der Waals surface area contributed by atoms with Crippen molar-refractivity contribution in [1.29, 1.82) is 0 Å². The summed E-state index contributed by atoms with van der Waals surface area (Å²) < 4.78 is 7.29. The van der Waals surface area contributed by atoms with Gasteiger partial charge in [-0.05, 0) is 67.5 Å². The zero-order chi connectivity index (χ0) is 19.8. The minimum absolute atomic E-state index is 0.190. The number of ether oxygens (including phenoxy) is 1. The van der Waals surface area contributed by atoms with Gasteiger partial charge in [0.25, 0.3) is 0 Å². The van der Waals surface area contributed by atoms with Gasteiger partial charge in [-0.2, -0.15) is 0 Å². The number of benzene rings is 2. The number of carbonyl (C=O) groups excluding carboxylic acids is 1. The van der Waals surface area contributed by atoms with Crippen LogP contribution in [-0.2, 0) is 23.1 Å². The molecule has 1 spiro atoms. The third-order valence-electron chi connectivity index (χ3n) is 7.82. The highest BCUT2D eigenvalue weighted by molar-refractivity contribution is 9.10. The lowest BCUT2D eigenvalue weighted by Gasteiger charge is -2.57. The normalized spacial score (nSPS) is 32.0. The zero-order valence-electron chi connectivity index (χ0n) is 16.2. The van der Waals surface area contributed by atoms with Crippen LogP contribution in [-0.4, -0.2) is 41.0 Å². The van der Waals surface area contributed by atoms with Crippen LogP contribution in [0.2, 0.25) is 0 Å². The topological polar surface area (TPSA) is 49.8 Å². The fourth-order valence-electron chi connectivity index (χ4n) is 6.61. The molecule has 2 aromatic carbocycles. The van der Waals surface area contributed by atoms with Crippen LogP contribution >= 0.6 is 15.9 Å². The molecule has 4 atom stereocenters. The van der Waals surface area contributed by atoms with Crippen molar-refractivity contribution < 1.29 is 14.6 Å². The van der Waals surface area contributed by atoms with Gasteiger partial charge in [-0.25, -0.2) is 0 Å². The van der Waals surface area contributed by atoms with E-state index in [1.165, 1.54) is 11.1 Å². The molecule has 2 aliphatic carbocycles. The van der Waals surface area contributed by atoms with Gasteiger partial charge in [-0.1, -0.05) is 34.1 Å². The summed E-state index contributed by atoms with van der Waals surface area (Å²) >= 11 is 3.51. The number of halogens is 1. The summed E-state index contributed by atoms with van der Waals surface area (Å²) in [6, 6.07) is 12.9. The Bertz CT molecular complexity index is 1000. The van der Waals surface area contributed by atoms with Gasteiger partial charge in [-0.15, -0.1) is 0 Å². The van der Waals surface area contributed by atoms with Gasteiger partial charge in [0.2, 0.25) is 0 Å². The number of ketones is 1. The van der Waals surface area contributed by atoms with Crippen LogP contribution in [0.5, 0.6) is 11.5 Å². The maximum Gasteiger partial charge on any atom is 0.174 e. The van der Waals surface area contributed by atoms with Crippen LogP contribution in [0.1, 0.15) is 36.0 Å². The molecule has 1 N–H and O–H groups in total. The number of nitrogens with zero attached hydrogens (tertiary/aromatic N) is 1. The largest absolute Gasteiger partial charge is 0.504 e. The van der Waals surface area contributed by atoms with Gasteiger partial charge in [0.05, 0.1) is 0 Å². The number of piperidine rings is 1. The van der Waals surface area contributed by atoms with Gasteiger partial charge < -0.3 is 9.84 Å². The summed E-state index contributed by atoms with van der Waals surface area (Å²) in [5.74, 6) is 1.43. The van der Waals surface area contributed by atoms with Crippen molar-refractivity contribution in [3.8, 4) is 11.5 Å². The van der Waals surface area contributed by atoms with Crippen molar-refractivity contribution in [2.45, 2.75) is 49.7 Å². The van der Waals surface area contributed by atoms with Gasteiger partial charge in [-0.3, -0.25) is 9.69 Å². The molecule has 2 aliphatic heterocycles. The van der Waals surface area contributed by atoms with E-state index in [2.05, 4.69) is 51.2 Å². The third kappa shape index (κ3) is 2.43. The number of rotatable bonds is 3. The molecule has 6 rings (SSSR count). The first-order chi connectivity index (χ1) is 14.1. The van der Waals surface area contributed by atoms with Crippen molar-refractivity contribution in [2.24, 2.45) is 5.92 Å². The maximum absolute atomic E-state index is 12.8. The Hall–Kier alpha value is -1.85. The fraction of sp³-hybridized carbons (Fsp3) is 0.458. The Kier molecular flexibility index (Phi) is 3.92. The number of likely N-dealkylation sites (tertiary alicyclic amines) is 1. The van der Waals surface area contributed by atoms with E-state index in [-0.39, 0.29) is 16.9 Å². The third-order valence-corrected chi connectivity index (χ3v) is 8.35. The first-order valence-electron chi connectivity index (χ1n) is 10.6. The Labute approximate surface area is 179 Å². The van der Waals surface area contributed by atoms with Crippen LogP contribution in [0.15, 0.2) is 40.9 Å². The highest BCUT2D eigenvalue weighted by atomic mass is 79.9. The average molecular weight is 454 g/mol. The minimum Gasteiger partial charge on any atom is -0.504 e. The molecule has 0 radical (unpaired) electrons. The molecule has 5 heteroatoms. The van der Waals surface area contributed by atoms with Crippen LogP contribution < -0.4 is 4.74 Å². The van der Waals surface area contributed by atoms with Gasteiger partial charge in [0.1, 0.15) is 0 Å². The Morgan fingerprint density at radius 1 is 1.21 bits per heavy atom. The van der Waals surface area contributed by atoms with Crippen molar-refractivity contribution in [3.05, 3.63) is 57.6 Å². The van der Waals surface area contributed by atoms with Gasteiger partial charge >= 0.3 is 0 Å². The molecule has 1 saturated carbocycles. The number of aromatic hydroxyl groups is 1. The number of hydrogen-bond donors (Lipinski definition) is 1. The zero-order valence-corrected chi connectivity index (χ0v) is 17.8. The number of hydrogen-bond acceptors (Lipinski definition) is 4. The summed E-state index contributed by atoms with van der Waals surface area (Å²) in [5.41, 5.74) is 3.56. The smallest absolute Gasteiger partial charge is 0.174 e. The van der Waals surface area contributed by atoms with E-state index in [0.717, 1.165) is 48.8 Å².